The van der Waals surface area contributed by atoms with Crippen LogP contribution in [0, 0.1) is 0 Å². The van der Waals surface area contributed by atoms with Crippen molar-refractivity contribution in [1.29, 1.82) is 0 Å². The number of anilines is 1. The number of thiophene rings is 1. The van der Waals surface area contributed by atoms with E-state index in [0.29, 0.717) is 28.0 Å². The minimum Gasteiger partial charge on any atom is -0.493 e. The fraction of sp³-hybridized carbons (Fsp3) is 0.320. The first-order valence-corrected chi connectivity index (χ1v) is 15.2. The van der Waals surface area contributed by atoms with Gasteiger partial charge in [-0.3, -0.25) is 5.32 Å². The third-order valence-electron chi connectivity index (χ3n) is 5.79. The number of amides is 1. The number of fused-ring (bicyclic) bond motifs is 1. The Hall–Kier alpha value is -3.65. The van der Waals surface area contributed by atoms with E-state index in [0.717, 1.165) is 24.4 Å². The number of aliphatic hydroxyl groups excluding tert-OH is 1. The van der Waals surface area contributed by atoms with Crippen molar-refractivity contribution in [3.63, 3.8) is 0 Å². The van der Waals surface area contributed by atoms with Crippen molar-refractivity contribution in [3.8, 4) is 22.8 Å². The molecule has 0 aliphatic carbocycles. The van der Waals surface area contributed by atoms with Gasteiger partial charge in [0.15, 0.2) is 17.1 Å². The van der Waals surface area contributed by atoms with E-state index in [4.69, 9.17) is 21.1 Å². The van der Waals surface area contributed by atoms with Crippen LogP contribution in [-0.4, -0.2) is 53.0 Å². The predicted octanol–water partition coefficient (Wildman–Crippen LogP) is 6.21. The molecule has 3 N–H and O–H groups in total. The molecule has 20 heteroatoms. The van der Waals surface area contributed by atoms with E-state index in [1.807, 2.05) is 0 Å². The molecular weight excluding hydrogens is 680 g/mol. The smallest absolute Gasteiger partial charge is 0.433 e. The minimum atomic E-state index is -5.03. The highest BCUT2D eigenvalue weighted by Crippen LogP contribution is 2.40. The number of rotatable bonds is 9. The number of nitrogens with one attached hydrogen (secondary N) is 2. The molecule has 11 nitrogen and oxygen atoms in total. The predicted molar refractivity (Wildman–Crippen MR) is 150 cm³/mol. The zero-order valence-corrected chi connectivity index (χ0v) is 25.6. The molecule has 3 heterocycles. The molecule has 0 bridgehead atoms. The Kier molecular flexibility index (Phi) is 9.33. The number of nitrogens with zero attached hydrogens (tertiary/aromatic N) is 3. The zero-order chi connectivity index (χ0) is 33.5. The number of hydrogen-bond donors (Lipinski definition) is 3. The van der Waals surface area contributed by atoms with Gasteiger partial charge in [-0.25, -0.2) is 27.4 Å². The van der Waals surface area contributed by atoms with Crippen LogP contribution in [-0.2, 0) is 22.4 Å². The molecule has 4 rings (SSSR count). The molecule has 0 spiro atoms. The molecule has 0 aliphatic heterocycles. The Morgan fingerprint density at radius 2 is 1.78 bits per heavy atom. The summed E-state index contributed by atoms with van der Waals surface area (Å²) in [4.78, 5) is 16.8. The van der Waals surface area contributed by atoms with Crippen LogP contribution in [0.3, 0.4) is 0 Å². The average molecular weight is 702 g/mol. The zero-order valence-electron chi connectivity index (χ0n) is 23.2. The Bertz CT molecular complexity index is 1860. The summed E-state index contributed by atoms with van der Waals surface area (Å²) in [7, 11) is -4.18. The monoisotopic (exact) mass is 701 g/mol. The number of hydrogen-bond acceptors (Lipinski definition) is 9. The SMILES string of the molecule is CCOc1cc(-c2cc(C(F)(F)F)n3ncc(OC(=O)Nc4cc(S(=O)(=O)NC(C)(C)CO)sc4Cl)c3n2)ccc1C(F)(F)F. The molecule has 0 radical (unpaired) electrons. The number of alkyl halides is 6. The highest BCUT2D eigenvalue weighted by Gasteiger charge is 2.37. The van der Waals surface area contributed by atoms with Gasteiger partial charge in [0.05, 0.1) is 41.9 Å². The van der Waals surface area contributed by atoms with E-state index >= 15 is 0 Å². The first kappa shape index (κ1) is 34.2. The standard InChI is InChI=1S/C25H22ClF6N5O6S2/c1-4-42-16-7-12(5-6-13(16)24(27,28)29)14-8-18(25(30,31)32)37-21(34-14)17(10-33-37)43-22(39)35-15-9-19(44-20(15)26)45(40,41)36-23(2,3)11-38/h5-10,36,38H,4,11H2,1-3H3,(H,35,39). The van der Waals surface area contributed by atoms with Crippen LogP contribution in [0.25, 0.3) is 16.9 Å². The minimum absolute atomic E-state index is 0.165. The summed E-state index contributed by atoms with van der Waals surface area (Å²) in [6.07, 6.45) is -10.4. The van der Waals surface area contributed by atoms with E-state index in [2.05, 4.69) is 20.1 Å². The van der Waals surface area contributed by atoms with Gasteiger partial charge in [0.2, 0.25) is 0 Å². The van der Waals surface area contributed by atoms with Crippen LogP contribution in [0.1, 0.15) is 32.0 Å². The van der Waals surface area contributed by atoms with Crippen molar-refractivity contribution in [2.45, 2.75) is 42.9 Å². The van der Waals surface area contributed by atoms with Crippen LogP contribution >= 0.6 is 22.9 Å². The van der Waals surface area contributed by atoms with Crippen molar-refractivity contribution < 1.29 is 54.1 Å². The topological polar surface area (TPSA) is 144 Å². The van der Waals surface area contributed by atoms with Gasteiger partial charge in [-0.2, -0.15) is 31.4 Å². The number of benzene rings is 1. The van der Waals surface area contributed by atoms with Gasteiger partial charge in [0.25, 0.3) is 10.0 Å². The van der Waals surface area contributed by atoms with Gasteiger partial charge in [-0.1, -0.05) is 17.7 Å². The lowest BCUT2D eigenvalue weighted by Crippen LogP contribution is -2.45. The number of halogens is 7. The molecule has 3 aromatic heterocycles. The molecule has 0 fully saturated rings. The van der Waals surface area contributed by atoms with Gasteiger partial charge < -0.3 is 14.6 Å². The van der Waals surface area contributed by atoms with Crippen molar-refractivity contribution in [1.82, 2.24) is 19.3 Å². The first-order valence-electron chi connectivity index (χ1n) is 12.5. The van der Waals surface area contributed by atoms with E-state index in [1.165, 1.54) is 20.8 Å². The maximum Gasteiger partial charge on any atom is 0.433 e. The summed E-state index contributed by atoms with van der Waals surface area (Å²) in [5, 5.41) is 15.1. The van der Waals surface area contributed by atoms with E-state index in [9.17, 15) is 44.7 Å². The number of aliphatic hydroxyl groups is 1. The number of carbonyl (C=O) groups excluding carboxylic acids is 1. The van der Waals surface area contributed by atoms with Crippen molar-refractivity contribution >= 4 is 50.4 Å². The largest absolute Gasteiger partial charge is 0.493 e. The van der Waals surface area contributed by atoms with Gasteiger partial charge in [0.1, 0.15) is 14.3 Å². The van der Waals surface area contributed by atoms with Gasteiger partial charge >= 0.3 is 18.4 Å². The Labute approximate surface area is 259 Å². The normalized spacial score (nSPS) is 12.9. The lowest BCUT2D eigenvalue weighted by molar-refractivity contribution is -0.142. The lowest BCUT2D eigenvalue weighted by atomic mass is 10.1. The summed E-state index contributed by atoms with van der Waals surface area (Å²) in [5.74, 6) is -1.21. The quantitative estimate of drug-likeness (QED) is 0.175. The molecule has 0 aliphatic rings. The first-order chi connectivity index (χ1) is 20.8. The number of ether oxygens (including phenoxy) is 2. The second-order valence-electron chi connectivity index (χ2n) is 9.83. The fourth-order valence-corrected chi connectivity index (χ4v) is 6.84. The molecule has 45 heavy (non-hydrogen) atoms. The van der Waals surface area contributed by atoms with Crippen LogP contribution in [0.4, 0.5) is 36.8 Å². The third-order valence-corrected chi connectivity index (χ3v) is 9.32. The number of sulfonamides is 1. The van der Waals surface area contributed by atoms with Crippen LogP contribution in [0.15, 0.2) is 40.7 Å². The Balaban J connectivity index is 1.69. The number of aromatic nitrogens is 3. The molecule has 0 unspecified atom stereocenters. The van der Waals surface area contributed by atoms with Crippen LogP contribution in [0.2, 0.25) is 4.34 Å². The fourth-order valence-electron chi connectivity index (χ4n) is 3.80. The lowest BCUT2D eigenvalue weighted by Gasteiger charge is -2.22. The Morgan fingerprint density at radius 3 is 2.38 bits per heavy atom. The van der Waals surface area contributed by atoms with Crippen LogP contribution in [0.5, 0.6) is 11.5 Å². The summed E-state index contributed by atoms with van der Waals surface area (Å²) < 4.78 is 120. The maximum absolute atomic E-state index is 14.0. The molecular formula is C25H22ClF6N5O6S2. The van der Waals surface area contributed by atoms with Gasteiger partial charge in [-0.15, -0.1) is 11.3 Å². The summed E-state index contributed by atoms with van der Waals surface area (Å²) in [6, 6.07) is 3.99. The van der Waals surface area contributed by atoms with Gasteiger partial charge in [0, 0.05) is 5.56 Å². The summed E-state index contributed by atoms with van der Waals surface area (Å²) in [6.45, 7) is 3.58. The summed E-state index contributed by atoms with van der Waals surface area (Å²) in [5.41, 5.74) is -5.21. The van der Waals surface area contributed by atoms with Crippen molar-refractivity contribution in [3.05, 3.63) is 52.1 Å². The van der Waals surface area contributed by atoms with E-state index < -0.39 is 74.7 Å². The van der Waals surface area contributed by atoms with Crippen LogP contribution < -0.4 is 19.5 Å². The second kappa shape index (κ2) is 12.3. The molecule has 1 amide bonds. The Morgan fingerprint density at radius 1 is 1.09 bits per heavy atom. The van der Waals surface area contributed by atoms with E-state index in [1.54, 1.807) is 0 Å². The van der Waals surface area contributed by atoms with Crippen molar-refractivity contribution in [2.75, 3.05) is 18.5 Å². The second-order valence-corrected chi connectivity index (χ2v) is 13.4. The highest BCUT2D eigenvalue weighted by molar-refractivity contribution is 7.91. The molecule has 244 valence electrons. The molecule has 1 aromatic carbocycles. The molecule has 0 saturated heterocycles. The maximum atomic E-state index is 14.0. The number of carbonyl (C=O) groups is 1. The van der Waals surface area contributed by atoms with E-state index in [-0.39, 0.29) is 26.4 Å². The average Bonchev–Trinajstić information content (AvgIpc) is 3.50. The molecule has 0 atom stereocenters. The highest BCUT2D eigenvalue weighted by atomic mass is 35.5. The summed E-state index contributed by atoms with van der Waals surface area (Å²) >= 11 is 6.65. The molecule has 0 saturated carbocycles. The third kappa shape index (κ3) is 7.60. The van der Waals surface area contributed by atoms with Gasteiger partial charge in [-0.05, 0) is 45.0 Å². The van der Waals surface area contributed by atoms with Crippen molar-refractivity contribution in [2.24, 2.45) is 0 Å². The molecule has 4 aromatic rings.